The molecule has 212 valence electrons. The van der Waals surface area contributed by atoms with Gasteiger partial charge in [0.05, 0.1) is 12.6 Å². The van der Waals surface area contributed by atoms with Crippen LogP contribution < -0.4 is 33.2 Å². The average Bonchev–Trinajstić information content (AvgIpc) is 2.92. The summed E-state index contributed by atoms with van der Waals surface area (Å²) in [4.78, 5) is 50.7. The highest BCUT2D eigenvalue weighted by molar-refractivity contribution is 5.94. The molecule has 0 aromatic heterocycles. The Morgan fingerprint density at radius 3 is 1.87 bits per heavy atom. The molecule has 0 radical (unpaired) electrons. The van der Waals surface area contributed by atoms with Gasteiger partial charge in [0.15, 0.2) is 0 Å². The smallest absolute Gasteiger partial charge is 0.245 e. The summed E-state index contributed by atoms with van der Waals surface area (Å²) in [5.74, 6) is -2.89. The quantitative estimate of drug-likeness (QED) is 0.117. The number of phenolic OH excluding ortho intramolecular Hbond substituents is 1. The van der Waals surface area contributed by atoms with E-state index in [0.29, 0.717) is 31.4 Å². The van der Waals surface area contributed by atoms with E-state index in [1.165, 1.54) is 12.1 Å². The Morgan fingerprint density at radius 1 is 0.744 bits per heavy atom. The zero-order valence-electron chi connectivity index (χ0n) is 21.7. The lowest BCUT2D eigenvalue weighted by Gasteiger charge is -2.25. The van der Waals surface area contributed by atoms with Crippen molar-refractivity contribution in [3.05, 3.63) is 65.7 Å². The lowest BCUT2D eigenvalue weighted by molar-refractivity contribution is -0.134. The summed E-state index contributed by atoms with van der Waals surface area (Å²) < 4.78 is 0. The average molecular weight is 543 g/mol. The third-order valence-corrected chi connectivity index (χ3v) is 6.07. The molecule has 0 bridgehead atoms. The van der Waals surface area contributed by atoms with Crippen LogP contribution in [0.25, 0.3) is 0 Å². The van der Waals surface area contributed by atoms with E-state index in [4.69, 9.17) is 17.2 Å². The van der Waals surface area contributed by atoms with Crippen molar-refractivity contribution in [1.29, 1.82) is 0 Å². The second-order valence-corrected chi connectivity index (χ2v) is 9.22. The molecule has 0 saturated heterocycles. The van der Waals surface area contributed by atoms with E-state index < -0.39 is 54.4 Å². The van der Waals surface area contributed by atoms with Crippen LogP contribution in [0.1, 0.15) is 30.4 Å². The number of amides is 4. The number of hydrogen-bond acceptors (Lipinski definition) is 8. The Kier molecular flexibility index (Phi) is 12.9. The molecule has 0 saturated carbocycles. The number of carbonyl (C=O) groups excluding carboxylic acids is 4. The molecule has 4 amide bonds. The fourth-order valence-electron chi connectivity index (χ4n) is 3.81. The normalized spacial score (nSPS) is 13.9. The maximum absolute atomic E-state index is 13.2. The first-order valence-corrected chi connectivity index (χ1v) is 12.7. The predicted octanol–water partition coefficient (Wildman–Crippen LogP) is -1.43. The van der Waals surface area contributed by atoms with Crippen LogP contribution in [0.4, 0.5) is 0 Å². The summed E-state index contributed by atoms with van der Waals surface area (Å²) in [5, 5.41) is 26.9. The minimum Gasteiger partial charge on any atom is -0.508 e. The molecule has 0 spiro atoms. The number of aromatic hydroxyl groups is 1. The first-order valence-electron chi connectivity index (χ1n) is 12.7. The standard InChI is InChI=1S/C27H38N6O6/c28-13-5-4-8-20(29)25(37)32-22(15-18-9-11-19(35)12-10-18)26(38)33-23(16-34)27(39)31-21(24(30)36)14-17-6-2-1-3-7-17/h1-3,6-7,9-12,20-23,34-35H,4-5,8,13-16,28-29H2,(H2,30,36)(H,31,39)(H,32,37)(H,33,38)/t20-,21-,22-,23+/m0/s1. The van der Waals surface area contributed by atoms with Crippen molar-refractivity contribution < 1.29 is 29.4 Å². The topological polar surface area (TPSA) is 223 Å². The minimum atomic E-state index is -1.42. The van der Waals surface area contributed by atoms with Gasteiger partial charge in [-0.3, -0.25) is 19.2 Å². The Labute approximate surface area is 227 Å². The van der Waals surface area contributed by atoms with Crippen molar-refractivity contribution in [3.63, 3.8) is 0 Å². The number of rotatable bonds is 16. The zero-order chi connectivity index (χ0) is 28.8. The first kappa shape index (κ1) is 31.2. The number of unbranched alkanes of at least 4 members (excludes halogenated alkanes) is 1. The van der Waals surface area contributed by atoms with Crippen LogP contribution >= 0.6 is 0 Å². The second kappa shape index (κ2) is 16.1. The number of aliphatic hydroxyl groups is 1. The molecule has 2 aromatic carbocycles. The van der Waals surface area contributed by atoms with Crippen molar-refractivity contribution in [3.8, 4) is 5.75 Å². The van der Waals surface area contributed by atoms with Gasteiger partial charge < -0.3 is 43.4 Å². The minimum absolute atomic E-state index is 0.0189. The maximum atomic E-state index is 13.2. The third kappa shape index (κ3) is 10.7. The van der Waals surface area contributed by atoms with Crippen molar-refractivity contribution in [1.82, 2.24) is 16.0 Å². The Bertz CT molecular complexity index is 1080. The molecule has 12 heteroatoms. The van der Waals surface area contributed by atoms with Gasteiger partial charge in [-0.25, -0.2) is 0 Å². The largest absolute Gasteiger partial charge is 0.508 e. The van der Waals surface area contributed by atoms with Gasteiger partial charge in [0.2, 0.25) is 23.6 Å². The second-order valence-electron chi connectivity index (χ2n) is 9.22. The summed E-state index contributed by atoms with van der Waals surface area (Å²) in [6, 6.07) is 10.4. The molecule has 4 atom stereocenters. The number of aliphatic hydroxyl groups excluding tert-OH is 1. The molecular weight excluding hydrogens is 504 g/mol. The molecule has 11 N–H and O–H groups in total. The van der Waals surface area contributed by atoms with Crippen molar-refractivity contribution >= 4 is 23.6 Å². The summed E-state index contributed by atoms with van der Waals surface area (Å²) in [7, 11) is 0. The molecule has 39 heavy (non-hydrogen) atoms. The molecule has 0 unspecified atom stereocenters. The van der Waals surface area contributed by atoms with Crippen molar-refractivity contribution in [2.24, 2.45) is 17.2 Å². The molecule has 12 nitrogen and oxygen atoms in total. The first-order chi connectivity index (χ1) is 18.6. The van der Waals surface area contributed by atoms with Crippen LogP contribution in [-0.2, 0) is 32.0 Å². The highest BCUT2D eigenvalue weighted by Gasteiger charge is 2.30. The van der Waals surface area contributed by atoms with Gasteiger partial charge in [0.1, 0.15) is 23.9 Å². The van der Waals surface area contributed by atoms with Gasteiger partial charge in [-0.05, 0) is 42.6 Å². The Balaban J connectivity index is 2.12. The van der Waals surface area contributed by atoms with Gasteiger partial charge >= 0.3 is 0 Å². The molecule has 0 fully saturated rings. The fraction of sp³-hybridized carbons (Fsp3) is 0.407. The zero-order valence-corrected chi connectivity index (χ0v) is 21.7. The molecule has 0 heterocycles. The monoisotopic (exact) mass is 542 g/mol. The number of nitrogens with one attached hydrogen (secondary N) is 3. The molecule has 2 rings (SSSR count). The predicted molar refractivity (Wildman–Crippen MR) is 145 cm³/mol. The summed E-state index contributed by atoms with van der Waals surface area (Å²) in [5.41, 5.74) is 18.3. The van der Waals surface area contributed by atoms with E-state index >= 15 is 0 Å². The van der Waals surface area contributed by atoms with E-state index in [1.807, 2.05) is 0 Å². The summed E-state index contributed by atoms with van der Waals surface area (Å²) >= 11 is 0. The van der Waals surface area contributed by atoms with Crippen LogP contribution in [0.2, 0.25) is 0 Å². The van der Waals surface area contributed by atoms with E-state index in [9.17, 15) is 29.4 Å². The molecule has 0 aliphatic heterocycles. The van der Waals surface area contributed by atoms with Crippen LogP contribution in [0.5, 0.6) is 5.75 Å². The molecule has 2 aromatic rings. The highest BCUT2D eigenvalue weighted by atomic mass is 16.3. The molecule has 0 aliphatic rings. The SMILES string of the molecule is NCCCC[C@H](N)C(=O)N[C@@H](Cc1ccc(O)cc1)C(=O)N[C@H](CO)C(=O)N[C@@H](Cc1ccccc1)C(N)=O. The van der Waals surface area contributed by atoms with Crippen molar-refractivity contribution in [2.75, 3.05) is 13.2 Å². The summed E-state index contributed by atoms with van der Waals surface area (Å²) in [6.45, 7) is -0.306. The van der Waals surface area contributed by atoms with Crippen LogP contribution in [0, 0.1) is 0 Å². The highest BCUT2D eigenvalue weighted by Crippen LogP contribution is 2.12. The van der Waals surface area contributed by atoms with E-state index in [0.717, 1.165) is 5.56 Å². The number of nitrogens with two attached hydrogens (primary N) is 3. The van der Waals surface area contributed by atoms with Crippen LogP contribution in [-0.4, -0.2) is 71.2 Å². The van der Waals surface area contributed by atoms with Gasteiger partial charge in [-0.1, -0.05) is 48.9 Å². The van der Waals surface area contributed by atoms with Gasteiger partial charge in [0, 0.05) is 12.8 Å². The Morgan fingerprint density at radius 2 is 1.28 bits per heavy atom. The number of carbonyl (C=O) groups is 4. The lowest BCUT2D eigenvalue weighted by Crippen LogP contribution is -2.59. The van der Waals surface area contributed by atoms with Gasteiger partial charge in [-0.15, -0.1) is 0 Å². The molecule has 0 aliphatic carbocycles. The van der Waals surface area contributed by atoms with E-state index in [-0.39, 0.29) is 18.6 Å². The van der Waals surface area contributed by atoms with E-state index in [1.54, 1.807) is 42.5 Å². The van der Waals surface area contributed by atoms with Crippen molar-refractivity contribution in [2.45, 2.75) is 56.3 Å². The fourth-order valence-corrected chi connectivity index (χ4v) is 3.81. The third-order valence-electron chi connectivity index (χ3n) is 6.07. The van der Waals surface area contributed by atoms with Crippen LogP contribution in [0.15, 0.2) is 54.6 Å². The summed E-state index contributed by atoms with van der Waals surface area (Å²) in [6.07, 6.45) is 1.84. The number of phenols is 1. The molecular formula is C27H38N6O6. The van der Waals surface area contributed by atoms with E-state index in [2.05, 4.69) is 16.0 Å². The van der Waals surface area contributed by atoms with Crippen LogP contribution in [0.3, 0.4) is 0 Å². The lowest BCUT2D eigenvalue weighted by atomic mass is 10.0. The maximum Gasteiger partial charge on any atom is 0.245 e. The number of hydrogen-bond donors (Lipinski definition) is 8. The Hall–Kier alpha value is -4.00. The van der Waals surface area contributed by atoms with Gasteiger partial charge in [-0.2, -0.15) is 0 Å². The number of benzene rings is 2. The van der Waals surface area contributed by atoms with Gasteiger partial charge in [0.25, 0.3) is 0 Å². The number of primary amides is 1.